The number of hydrogen-bond donors (Lipinski definition) is 2. The minimum absolute atomic E-state index is 0.0649. The third-order valence-electron chi connectivity index (χ3n) is 2.88. The van der Waals surface area contributed by atoms with Crippen LogP contribution >= 0.6 is 34.8 Å². The molecular formula is C14H13Cl3N2O2. The summed E-state index contributed by atoms with van der Waals surface area (Å²) in [6, 6.07) is 4.52. The van der Waals surface area contributed by atoms with Crippen LogP contribution in [0.4, 0.5) is 5.69 Å². The van der Waals surface area contributed by atoms with Crippen molar-refractivity contribution in [2.75, 3.05) is 5.32 Å². The smallest absolute Gasteiger partial charge is 0.272 e. The maximum absolute atomic E-state index is 12.3. The molecule has 0 aliphatic heterocycles. The van der Waals surface area contributed by atoms with Crippen molar-refractivity contribution in [3.63, 3.8) is 0 Å². The van der Waals surface area contributed by atoms with Crippen molar-refractivity contribution in [1.82, 2.24) is 4.57 Å². The summed E-state index contributed by atoms with van der Waals surface area (Å²) in [4.78, 5) is 12.3. The lowest BCUT2D eigenvalue weighted by molar-refractivity contribution is 0.101. The minimum Gasteiger partial charge on any atom is -0.505 e. The van der Waals surface area contributed by atoms with Gasteiger partial charge in [-0.25, -0.2) is 0 Å². The Morgan fingerprint density at radius 2 is 1.76 bits per heavy atom. The van der Waals surface area contributed by atoms with Gasteiger partial charge in [0.15, 0.2) is 5.75 Å². The van der Waals surface area contributed by atoms with Crippen LogP contribution in [0.2, 0.25) is 15.1 Å². The molecule has 1 amide bonds. The predicted molar refractivity (Wildman–Crippen MR) is 85.9 cm³/mol. The van der Waals surface area contributed by atoms with Crippen LogP contribution in [-0.4, -0.2) is 15.6 Å². The number of nitrogens with zero attached hydrogens (tertiary/aromatic N) is 1. The van der Waals surface area contributed by atoms with E-state index in [0.717, 1.165) is 0 Å². The van der Waals surface area contributed by atoms with Crippen LogP contribution in [0.15, 0.2) is 24.4 Å². The normalized spacial score (nSPS) is 11.0. The molecule has 0 bridgehead atoms. The number of aromatic nitrogens is 1. The molecule has 0 aliphatic rings. The number of hydrogen-bond acceptors (Lipinski definition) is 2. The van der Waals surface area contributed by atoms with Crippen molar-refractivity contribution >= 4 is 46.4 Å². The molecule has 2 rings (SSSR count). The number of benzene rings is 1. The van der Waals surface area contributed by atoms with Gasteiger partial charge >= 0.3 is 0 Å². The van der Waals surface area contributed by atoms with E-state index in [1.54, 1.807) is 16.8 Å². The fourth-order valence-electron chi connectivity index (χ4n) is 1.89. The lowest BCUT2D eigenvalue weighted by Gasteiger charge is -2.13. The number of phenolic OH excluding ortho intramolecular Hbond substituents is 1. The van der Waals surface area contributed by atoms with Gasteiger partial charge in [-0.15, -0.1) is 0 Å². The molecule has 0 aliphatic carbocycles. The topological polar surface area (TPSA) is 54.3 Å². The SMILES string of the molecule is CC(C)n1cc(Cl)cc1C(=O)Nc1cc(Cl)c(O)c(Cl)c1. The minimum atomic E-state index is -0.339. The van der Waals surface area contributed by atoms with E-state index in [0.29, 0.717) is 16.4 Å². The predicted octanol–water partition coefficient (Wildman–Crippen LogP) is 4.99. The Labute approximate surface area is 137 Å². The van der Waals surface area contributed by atoms with Crippen LogP contribution < -0.4 is 5.32 Å². The molecule has 1 heterocycles. The van der Waals surface area contributed by atoms with Crippen molar-refractivity contribution in [2.45, 2.75) is 19.9 Å². The van der Waals surface area contributed by atoms with Crippen molar-refractivity contribution < 1.29 is 9.90 Å². The number of carbonyl (C=O) groups excluding carboxylic acids is 1. The zero-order chi connectivity index (χ0) is 15.7. The van der Waals surface area contributed by atoms with E-state index in [-0.39, 0.29) is 27.7 Å². The molecule has 0 saturated carbocycles. The highest BCUT2D eigenvalue weighted by molar-refractivity contribution is 6.37. The molecular weight excluding hydrogens is 335 g/mol. The molecule has 4 nitrogen and oxygen atoms in total. The van der Waals surface area contributed by atoms with Crippen LogP contribution in [0.3, 0.4) is 0 Å². The highest BCUT2D eigenvalue weighted by atomic mass is 35.5. The van der Waals surface area contributed by atoms with E-state index >= 15 is 0 Å². The fourth-order valence-corrected chi connectivity index (χ4v) is 2.58. The van der Waals surface area contributed by atoms with Crippen molar-refractivity contribution in [2.24, 2.45) is 0 Å². The van der Waals surface area contributed by atoms with Crippen LogP contribution in [-0.2, 0) is 0 Å². The average molecular weight is 348 g/mol. The number of phenols is 1. The summed E-state index contributed by atoms with van der Waals surface area (Å²) in [5.41, 5.74) is 0.816. The highest BCUT2D eigenvalue weighted by Crippen LogP contribution is 2.34. The van der Waals surface area contributed by atoms with E-state index in [1.807, 2.05) is 13.8 Å². The Balaban J connectivity index is 2.30. The molecule has 0 unspecified atom stereocenters. The quantitative estimate of drug-likeness (QED) is 0.769. The molecule has 0 radical (unpaired) electrons. The fraction of sp³-hybridized carbons (Fsp3) is 0.214. The monoisotopic (exact) mass is 346 g/mol. The largest absolute Gasteiger partial charge is 0.505 e. The second-order valence-corrected chi connectivity index (χ2v) is 6.04. The number of amides is 1. The molecule has 7 heteroatoms. The Hall–Kier alpha value is -1.36. The molecule has 0 saturated heterocycles. The van der Waals surface area contributed by atoms with Crippen LogP contribution in [0.25, 0.3) is 0 Å². The maximum Gasteiger partial charge on any atom is 0.272 e. The average Bonchev–Trinajstić information content (AvgIpc) is 2.78. The summed E-state index contributed by atoms with van der Waals surface area (Å²) in [6.45, 7) is 3.89. The summed E-state index contributed by atoms with van der Waals surface area (Å²) in [5.74, 6) is -0.557. The first-order chi connectivity index (χ1) is 9.79. The van der Waals surface area contributed by atoms with Crippen molar-refractivity contribution in [3.05, 3.63) is 45.2 Å². The van der Waals surface area contributed by atoms with Gasteiger partial charge in [-0.1, -0.05) is 34.8 Å². The molecule has 21 heavy (non-hydrogen) atoms. The standard InChI is InChI=1S/C14H13Cl3N2O2/c1-7(2)19-6-8(15)3-12(19)14(21)18-9-4-10(16)13(20)11(17)5-9/h3-7,20H,1-2H3,(H,18,21). The van der Waals surface area contributed by atoms with Gasteiger partial charge in [0, 0.05) is 17.9 Å². The van der Waals surface area contributed by atoms with E-state index < -0.39 is 0 Å². The van der Waals surface area contributed by atoms with E-state index in [1.165, 1.54) is 12.1 Å². The van der Waals surface area contributed by atoms with Gasteiger partial charge in [-0.2, -0.15) is 0 Å². The molecule has 112 valence electrons. The molecule has 0 atom stereocenters. The van der Waals surface area contributed by atoms with E-state index in [4.69, 9.17) is 34.8 Å². The zero-order valence-electron chi connectivity index (χ0n) is 11.3. The summed E-state index contributed by atoms with van der Waals surface area (Å²) < 4.78 is 1.77. The molecule has 2 aromatic rings. The van der Waals surface area contributed by atoms with Crippen molar-refractivity contribution in [3.8, 4) is 5.75 Å². The number of nitrogens with one attached hydrogen (secondary N) is 1. The lowest BCUT2D eigenvalue weighted by atomic mass is 10.2. The Morgan fingerprint density at radius 1 is 1.19 bits per heavy atom. The zero-order valence-corrected chi connectivity index (χ0v) is 13.6. The van der Waals surface area contributed by atoms with E-state index in [2.05, 4.69) is 5.32 Å². The number of rotatable bonds is 3. The van der Waals surface area contributed by atoms with Gasteiger partial charge in [-0.3, -0.25) is 4.79 Å². The second-order valence-electron chi connectivity index (χ2n) is 4.79. The molecule has 0 spiro atoms. The summed E-state index contributed by atoms with van der Waals surface area (Å²) in [7, 11) is 0. The van der Waals surface area contributed by atoms with Gasteiger partial charge in [0.1, 0.15) is 5.69 Å². The number of carbonyl (C=O) groups is 1. The summed E-state index contributed by atoms with van der Waals surface area (Å²) in [5, 5.41) is 12.8. The first-order valence-corrected chi connectivity index (χ1v) is 7.29. The second kappa shape index (κ2) is 6.18. The number of aromatic hydroxyl groups is 1. The third-order valence-corrected chi connectivity index (χ3v) is 3.66. The number of halogens is 3. The molecule has 0 fully saturated rings. The molecule has 1 aromatic heterocycles. The van der Waals surface area contributed by atoms with Crippen molar-refractivity contribution in [1.29, 1.82) is 0 Å². The van der Waals surface area contributed by atoms with Crippen LogP contribution in [0.1, 0.15) is 30.4 Å². The van der Waals surface area contributed by atoms with Gasteiger partial charge in [-0.05, 0) is 32.0 Å². The Morgan fingerprint density at radius 3 is 2.29 bits per heavy atom. The van der Waals surface area contributed by atoms with Gasteiger partial charge < -0.3 is 15.0 Å². The Bertz CT molecular complexity index is 673. The first kappa shape index (κ1) is 16.0. The first-order valence-electron chi connectivity index (χ1n) is 6.16. The Kier molecular flexibility index (Phi) is 4.71. The van der Waals surface area contributed by atoms with Gasteiger partial charge in [0.2, 0.25) is 0 Å². The van der Waals surface area contributed by atoms with E-state index in [9.17, 15) is 9.90 Å². The van der Waals surface area contributed by atoms with Gasteiger partial charge in [0.05, 0.1) is 15.1 Å². The number of anilines is 1. The summed E-state index contributed by atoms with van der Waals surface area (Å²) >= 11 is 17.6. The molecule has 1 aromatic carbocycles. The van der Waals surface area contributed by atoms with Crippen LogP contribution in [0.5, 0.6) is 5.75 Å². The lowest BCUT2D eigenvalue weighted by Crippen LogP contribution is -2.17. The summed E-state index contributed by atoms with van der Waals surface area (Å²) in [6.07, 6.45) is 1.69. The van der Waals surface area contributed by atoms with Gasteiger partial charge in [0.25, 0.3) is 5.91 Å². The van der Waals surface area contributed by atoms with Crippen LogP contribution in [0, 0.1) is 0 Å². The highest BCUT2D eigenvalue weighted by Gasteiger charge is 2.16. The maximum atomic E-state index is 12.3. The molecule has 2 N–H and O–H groups in total. The third kappa shape index (κ3) is 3.46.